The molecule has 0 amide bonds. The molecule has 1 heterocycles. The fourth-order valence-electron chi connectivity index (χ4n) is 3.20. The highest BCUT2D eigenvalue weighted by molar-refractivity contribution is 5.36. The molecule has 0 unspecified atom stereocenters. The van der Waals surface area contributed by atoms with E-state index in [1.165, 1.54) is 25.7 Å². The Balaban J connectivity index is 2.10. The van der Waals surface area contributed by atoms with Crippen LogP contribution in [0.25, 0.3) is 0 Å². The summed E-state index contributed by atoms with van der Waals surface area (Å²) in [6.07, 6.45) is 6.15. The van der Waals surface area contributed by atoms with Crippen LogP contribution in [0.2, 0.25) is 0 Å². The molecule has 1 N–H and O–H groups in total. The molecule has 1 aliphatic carbocycles. The molecule has 0 aliphatic heterocycles. The molecule has 1 aliphatic rings. The van der Waals surface area contributed by atoms with Gasteiger partial charge in [0.05, 0.1) is 0 Å². The number of rotatable bonds is 5. The zero-order valence-electron chi connectivity index (χ0n) is 13.4. The number of hydrogen-bond donors (Lipinski definition) is 1. The molecular weight excluding hydrogens is 246 g/mol. The number of aryl methyl sites for hydroxylation is 1. The van der Waals surface area contributed by atoms with Crippen LogP contribution in [0.3, 0.4) is 0 Å². The van der Waals surface area contributed by atoms with E-state index in [0.717, 1.165) is 42.1 Å². The second kappa shape index (κ2) is 7.05. The van der Waals surface area contributed by atoms with Crippen molar-refractivity contribution < 1.29 is 0 Å². The normalized spacial score (nSPS) is 23.1. The predicted molar refractivity (Wildman–Crippen MR) is 85.1 cm³/mol. The van der Waals surface area contributed by atoms with Crippen molar-refractivity contribution in [1.29, 1.82) is 0 Å². The molecule has 0 radical (unpaired) electrons. The summed E-state index contributed by atoms with van der Waals surface area (Å²) in [6, 6.07) is 2.09. The van der Waals surface area contributed by atoms with Crippen LogP contribution in [0.1, 0.15) is 70.8 Å². The van der Waals surface area contributed by atoms with Crippen LogP contribution in [0.15, 0.2) is 6.07 Å². The lowest BCUT2D eigenvalue weighted by Gasteiger charge is -2.30. The maximum atomic E-state index is 4.78. The third-order valence-electron chi connectivity index (χ3n) is 4.60. The molecule has 3 heteroatoms. The van der Waals surface area contributed by atoms with E-state index in [0.29, 0.717) is 5.92 Å². The molecule has 0 spiro atoms. The van der Waals surface area contributed by atoms with Crippen molar-refractivity contribution in [1.82, 2.24) is 9.97 Å². The summed E-state index contributed by atoms with van der Waals surface area (Å²) in [6.45, 7) is 9.89. The van der Waals surface area contributed by atoms with Gasteiger partial charge in [0.15, 0.2) is 0 Å². The van der Waals surface area contributed by atoms with Crippen molar-refractivity contribution in [2.24, 2.45) is 11.8 Å². The van der Waals surface area contributed by atoms with Gasteiger partial charge in [0.2, 0.25) is 0 Å². The highest BCUT2D eigenvalue weighted by Crippen LogP contribution is 2.37. The first-order valence-electron chi connectivity index (χ1n) is 8.25. The number of hydrogen-bond acceptors (Lipinski definition) is 3. The van der Waals surface area contributed by atoms with Gasteiger partial charge in [-0.1, -0.05) is 20.8 Å². The van der Waals surface area contributed by atoms with E-state index in [9.17, 15) is 0 Å². The Morgan fingerprint density at radius 3 is 2.40 bits per heavy atom. The Labute approximate surface area is 123 Å². The fourth-order valence-corrected chi connectivity index (χ4v) is 3.20. The van der Waals surface area contributed by atoms with Gasteiger partial charge in [-0.05, 0) is 50.9 Å². The number of nitrogens with zero attached hydrogens (tertiary/aromatic N) is 2. The van der Waals surface area contributed by atoms with Gasteiger partial charge in [-0.15, -0.1) is 0 Å². The monoisotopic (exact) mass is 275 g/mol. The minimum atomic E-state index is 0.564. The highest BCUT2D eigenvalue weighted by atomic mass is 15.0. The molecule has 20 heavy (non-hydrogen) atoms. The summed E-state index contributed by atoms with van der Waals surface area (Å²) >= 11 is 0. The second-order valence-electron chi connectivity index (χ2n) is 6.34. The second-order valence-corrected chi connectivity index (χ2v) is 6.34. The standard InChI is InChI=1S/C17H29N3/c1-5-15-11-16(18-6-2)20-17(19-15)14-9-7-13(8-10-14)12(3)4/h11-14H,5-10H2,1-4H3,(H,18,19,20). The van der Waals surface area contributed by atoms with Crippen molar-refractivity contribution in [3.8, 4) is 0 Å². The van der Waals surface area contributed by atoms with E-state index < -0.39 is 0 Å². The Morgan fingerprint density at radius 1 is 1.15 bits per heavy atom. The van der Waals surface area contributed by atoms with Gasteiger partial charge in [-0.2, -0.15) is 0 Å². The van der Waals surface area contributed by atoms with Gasteiger partial charge in [-0.25, -0.2) is 9.97 Å². The van der Waals surface area contributed by atoms with Crippen molar-refractivity contribution in [2.75, 3.05) is 11.9 Å². The Bertz CT molecular complexity index is 420. The van der Waals surface area contributed by atoms with Crippen LogP contribution in [-0.2, 0) is 6.42 Å². The van der Waals surface area contributed by atoms with Crippen molar-refractivity contribution >= 4 is 5.82 Å². The molecule has 2 rings (SSSR count). The summed E-state index contributed by atoms with van der Waals surface area (Å²) in [7, 11) is 0. The molecule has 112 valence electrons. The third kappa shape index (κ3) is 3.71. The van der Waals surface area contributed by atoms with Gasteiger partial charge in [0.25, 0.3) is 0 Å². The van der Waals surface area contributed by atoms with Crippen molar-refractivity contribution in [3.05, 3.63) is 17.6 Å². The highest BCUT2D eigenvalue weighted by Gasteiger charge is 2.26. The number of nitrogens with one attached hydrogen (secondary N) is 1. The molecule has 3 nitrogen and oxygen atoms in total. The maximum Gasteiger partial charge on any atom is 0.134 e. The van der Waals surface area contributed by atoms with E-state index in [-0.39, 0.29) is 0 Å². The lowest BCUT2D eigenvalue weighted by molar-refractivity contribution is 0.254. The van der Waals surface area contributed by atoms with E-state index in [1.807, 2.05) is 0 Å². The van der Waals surface area contributed by atoms with Gasteiger partial charge in [-0.3, -0.25) is 0 Å². The van der Waals surface area contributed by atoms with Crippen molar-refractivity contribution in [3.63, 3.8) is 0 Å². The van der Waals surface area contributed by atoms with Gasteiger partial charge in [0, 0.05) is 24.2 Å². The maximum absolute atomic E-state index is 4.78. The summed E-state index contributed by atoms with van der Waals surface area (Å²) < 4.78 is 0. The Kier molecular flexibility index (Phi) is 5.38. The van der Waals surface area contributed by atoms with Gasteiger partial charge < -0.3 is 5.32 Å². The zero-order chi connectivity index (χ0) is 14.5. The summed E-state index contributed by atoms with van der Waals surface area (Å²) in [5.41, 5.74) is 1.16. The fraction of sp³-hybridized carbons (Fsp3) is 0.765. The molecule has 1 aromatic rings. The summed E-state index contributed by atoms with van der Waals surface area (Å²) in [5.74, 6) is 4.35. The Morgan fingerprint density at radius 2 is 1.85 bits per heavy atom. The first-order valence-corrected chi connectivity index (χ1v) is 8.25. The molecular formula is C17H29N3. The largest absolute Gasteiger partial charge is 0.370 e. The van der Waals surface area contributed by atoms with Crippen LogP contribution in [0.4, 0.5) is 5.82 Å². The molecule has 1 fully saturated rings. The van der Waals surface area contributed by atoms with Crippen LogP contribution in [0.5, 0.6) is 0 Å². The van der Waals surface area contributed by atoms with Crippen LogP contribution in [-0.4, -0.2) is 16.5 Å². The van der Waals surface area contributed by atoms with Crippen LogP contribution in [0, 0.1) is 11.8 Å². The van der Waals surface area contributed by atoms with Crippen LogP contribution < -0.4 is 5.32 Å². The van der Waals surface area contributed by atoms with Gasteiger partial charge in [0.1, 0.15) is 11.6 Å². The van der Waals surface area contributed by atoms with E-state index in [4.69, 9.17) is 9.97 Å². The Hall–Kier alpha value is -1.12. The average Bonchev–Trinajstić information content (AvgIpc) is 2.47. The average molecular weight is 275 g/mol. The van der Waals surface area contributed by atoms with E-state index in [2.05, 4.69) is 39.1 Å². The third-order valence-corrected chi connectivity index (χ3v) is 4.60. The minimum Gasteiger partial charge on any atom is -0.370 e. The topological polar surface area (TPSA) is 37.8 Å². The molecule has 0 aromatic carbocycles. The molecule has 0 bridgehead atoms. The van der Waals surface area contributed by atoms with E-state index >= 15 is 0 Å². The summed E-state index contributed by atoms with van der Waals surface area (Å²) in [4.78, 5) is 9.52. The van der Waals surface area contributed by atoms with Gasteiger partial charge >= 0.3 is 0 Å². The predicted octanol–water partition coefficient (Wildman–Crippen LogP) is 4.40. The number of aromatic nitrogens is 2. The van der Waals surface area contributed by atoms with E-state index in [1.54, 1.807) is 0 Å². The first kappa shape index (κ1) is 15.3. The lowest BCUT2D eigenvalue weighted by atomic mass is 9.76. The molecule has 1 saturated carbocycles. The van der Waals surface area contributed by atoms with Crippen molar-refractivity contribution in [2.45, 2.75) is 65.7 Å². The quantitative estimate of drug-likeness (QED) is 0.865. The SMILES string of the molecule is CCNc1cc(CC)nc(C2CCC(C(C)C)CC2)n1. The minimum absolute atomic E-state index is 0.564. The number of anilines is 1. The zero-order valence-corrected chi connectivity index (χ0v) is 13.4. The summed E-state index contributed by atoms with van der Waals surface area (Å²) in [5, 5.41) is 3.34. The first-order chi connectivity index (χ1) is 9.63. The smallest absolute Gasteiger partial charge is 0.134 e. The van der Waals surface area contributed by atoms with Crippen LogP contribution >= 0.6 is 0 Å². The molecule has 0 saturated heterocycles. The molecule has 0 atom stereocenters. The lowest BCUT2D eigenvalue weighted by Crippen LogP contribution is -2.19. The molecule has 1 aromatic heterocycles.